The van der Waals surface area contributed by atoms with Crippen LogP contribution in [0, 0.1) is 0 Å². The Bertz CT molecular complexity index is 1640. The summed E-state index contributed by atoms with van der Waals surface area (Å²) >= 11 is 4.74. The summed E-state index contributed by atoms with van der Waals surface area (Å²) in [6, 6.07) is 19.1. The van der Waals surface area contributed by atoms with Crippen LogP contribution in [0.4, 0.5) is 5.13 Å². The third-order valence-corrected chi connectivity index (χ3v) is 10.4. The highest BCUT2D eigenvalue weighted by Gasteiger charge is 2.32. The van der Waals surface area contributed by atoms with Gasteiger partial charge in [-0.25, -0.2) is 13.4 Å². The number of fused-ring (bicyclic) bond motifs is 1. The van der Waals surface area contributed by atoms with E-state index in [1.807, 2.05) is 49.4 Å². The fourth-order valence-corrected chi connectivity index (χ4v) is 7.68. The molecule has 5 rings (SSSR count). The number of sulfonamides is 1. The highest BCUT2D eigenvalue weighted by Crippen LogP contribution is 2.33. The first-order valence-corrected chi connectivity index (χ1v) is 16.1. The third-order valence-electron chi connectivity index (χ3n) is 6.90. The number of nitrogens with zero attached hydrogens (tertiary/aromatic N) is 4. The van der Waals surface area contributed by atoms with Gasteiger partial charge in [0.05, 0.1) is 28.4 Å². The van der Waals surface area contributed by atoms with Gasteiger partial charge >= 0.3 is 0 Å². The second-order valence-corrected chi connectivity index (χ2v) is 13.3. The average Bonchev–Trinajstić information content (AvgIpc) is 3.41. The van der Waals surface area contributed by atoms with Crippen molar-refractivity contribution in [3.05, 3.63) is 82.3 Å². The largest absolute Gasteiger partial charge is 0.497 e. The number of benzene rings is 3. The summed E-state index contributed by atoms with van der Waals surface area (Å²) in [5.41, 5.74) is 1.82. The smallest absolute Gasteiger partial charge is 0.280 e. The second kappa shape index (κ2) is 12.2. The van der Waals surface area contributed by atoms with Crippen LogP contribution < -0.4 is 9.75 Å². The molecular formula is C29H29BrN4O4S2. The molecule has 0 aliphatic carbocycles. The predicted molar refractivity (Wildman–Crippen MR) is 163 cm³/mol. The Morgan fingerprint density at radius 2 is 1.90 bits per heavy atom. The van der Waals surface area contributed by atoms with Crippen LogP contribution in [0.25, 0.3) is 10.2 Å². The molecule has 1 saturated heterocycles. The Hall–Kier alpha value is -3.12. The zero-order valence-electron chi connectivity index (χ0n) is 22.2. The summed E-state index contributed by atoms with van der Waals surface area (Å²) in [5.74, 6) is 0.266. The number of carbonyl (C=O) groups is 1. The number of hydrogen-bond donors (Lipinski definition) is 0. The van der Waals surface area contributed by atoms with Gasteiger partial charge in [0, 0.05) is 22.6 Å². The lowest BCUT2D eigenvalue weighted by molar-refractivity contribution is 0.0987. The quantitative estimate of drug-likeness (QED) is 0.158. The van der Waals surface area contributed by atoms with Gasteiger partial charge in [-0.15, -0.1) is 0 Å². The van der Waals surface area contributed by atoms with Crippen LogP contribution >= 0.6 is 27.3 Å². The number of aromatic nitrogens is 1. The summed E-state index contributed by atoms with van der Waals surface area (Å²) in [6.45, 7) is 2.53. The molecule has 11 heteroatoms. The van der Waals surface area contributed by atoms with E-state index in [1.165, 1.54) is 28.5 Å². The van der Waals surface area contributed by atoms with Crippen LogP contribution in [0.2, 0.25) is 0 Å². The fraction of sp³-hybridized carbons (Fsp3) is 0.276. The number of methoxy groups -OCH3 is 1. The molecule has 1 aromatic heterocycles. The van der Waals surface area contributed by atoms with E-state index in [0.717, 1.165) is 40.4 Å². The van der Waals surface area contributed by atoms with Crippen LogP contribution in [-0.4, -0.2) is 49.5 Å². The average molecular weight is 642 g/mol. The second-order valence-electron chi connectivity index (χ2n) is 9.44. The van der Waals surface area contributed by atoms with Gasteiger partial charge in [0.25, 0.3) is 5.91 Å². The van der Waals surface area contributed by atoms with Crippen molar-refractivity contribution in [1.29, 1.82) is 0 Å². The van der Waals surface area contributed by atoms with Crippen LogP contribution in [0.1, 0.15) is 48.5 Å². The van der Waals surface area contributed by atoms with E-state index in [0.29, 0.717) is 28.5 Å². The third kappa shape index (κ3) is 5.97. The van der Waals surface area contributed by atoms with Crippen LogP contribution in [0.3, 0.4) is 0 Å². The van der Waals surface area contributed by atoms with Crippen molar-refractivity contribution in [2.75, 3.05) is 18.7 Å². The van der Waals surface area contributed by atoms with Gasteiger partial charge in [-0.2, -0.15) is 14.4 Å². The highest BCUT2D eigenvalue weighted by atomic mass is 79.9. The van der Waals surface area contributed by atoms with Gasteiger partial charge in [0.2, 0.25) is 15.2 Å². The zero-order chi connectivity index (χ0) is 28.3. The summed E-state index contributed by atoms with van der Waals surface area (Å²) in [7, 11) is -2.06. The SMILES string of the molecule is CCC1CCCCN1S(=O)(=O)c1ccc(C(=O)N(/N=C/c2ccc(Br)cc2)c2nc3ccc(OC)cc3s2)cc1. The number of anilines is 1. The molecule has 8 nitrogen and oxygen atoms in total. The van der Waals surface area contributed by atoms with Gasteiger partial charge in [0.15, 0.2) is 0 Å². The molecule has 208 valence electrons. The number of hydrazone groups is 1. The molecule has 3 aromatic carbocycles. The van der Waals surface area contributed by atoms with Crippen LogP contribution in [0.5, 0.6) is 5.75 Å². The van der Waals surface area contributed by atoms with E-state index in [2.05, 4.69) is 26.0 Å². The monoisotopic (exact) mass is 640 g/mol. The molecule has 1 unspecified atom stereocenters. The van der Waals surface area contributed by atoms with E-state index in [1.54, 1.807) is 29.8 Å². The van der Waals surface area contributed by atoms with Gasteiger partial charge in [-0.05, 0) is 79.4 Å². The summed E-state index contributed by atoms with van der Waals surface area (Å²) in [4.78, 5) is 18.6. The van der Waals surface area contributed by atoms with Crippen molar-refractivity contribution < 1.29 is 17.9 Å². The minimum absolute atomic E-state index is 0.00107. The van der Waals surface area contributed by atoms with E-state index >= 15 is 0 Å². The lowest BCUT2D eigenvalue weighted by atomic mass is 10.0. The van der Waals surface area contributed by atoms with Crippen molar-refractivity contribution in [3.8, 4) is 5.75 Å². The number of carbonyl (C=O) groups excluding carboxylic acids is 1. The lowest BCUT2D eigenvalue weighted by Gasteiger charge is -2.34. The Balaban J connectivity index is 1.47. The molecular weight excluding hydrogens is 612 g/mol. The van der Waals surface area contributed by atoms with Crippen molar-refractivity contribution >= 4 is 64.8 Å². The number of amides is 1. The Labute approximate surface area is 246 Å². The van der Waals surface area contributed by atoms with Crippen LogP contribution in [-0.2, 0) is 10.0 Å². The number of piperidine rings is 1. The molecule has 1 aliphatic rings. The van der Waals surface area contributed by atoms with E-state index < -0.39 is 15.9 Å². The molecule has 0 bridgehead atoms. The van der Waals surface area contributed by atoms with E-state index in [4.69, 9.17) is 4.74 Å². The van der Waals surface area contributed by atoms with Crippen molar-refractivity contribution in [1.82, 2.24) is 9.29 Å². The van der Waals surface area contributed by atoms with Crippen LogP contribution in [0.15, 0.2) is 81.2 Å². The molecule has 1 atom stereocenters. The highest BCUT2D eigenvalue weighted by molar-refractivity contribution is 9.10. The summed E-state index contributed by atoms with van der Waals surface area (Å²) in [6.07, 6.45) is 5.12. The van der Waals surface area contributed by atoms with Gasteiger partial charge in [-0.1, -0.05) is 52.7 Å². The van der Waals surface area contributed by atoms with E-state index in [-0.39, 0.29) is 10.9 Å². The number of ether oxygens (including phenoxy) is 1. The fourth-order valence-electron chi connectivity index (χ4n) is 4.70. The molecule has 4 aromatic rings. The molecule has 1 fully saturated rings. The topological polar surface area (TPSA) is 92.2 Å². The maximum atomic E-state index is 13.8. The first kappa shape index (κ1) is 28.4. The molecule has 40 heavy (non-hydrogen) atoms. The number of hydrogen-bond acceptors (Lipinski definition) is 7. The zero-order valence-corrected chi connectivity index (χ0v) is 25.4. The lowest BCUT2D eigenvalue weighted by Crippen LogP contribution is -2.43. The number of rotatable bonds is 8. The maximum absolute atomic E-state index is 13.8. The molecule has 0 spiro atoms. The predicted octanol–water partition coefficient (Wildman–Crippen LogP) is 6.70. The normalized spacial score (nSPS) is 16.4. The van der Waals surface area contributed by atoms with Gasteiger partial charge in [-0.3, -0.25) is 4.79 Å². The van der Waals surface area contributed by atoms with Gasteiger partial charge < -0.3 is 4.74 Å². The molecule has 0 N–H and O–H groups in total. The summed E-state index contributed by atoms with van der Waals surface area (Å²) in [5, 5.41) is 6.14. The molecule has 1 amide bonds. The first-order chi connectivity index (χ1) is 19.3. The van der Waals surface area contributed by atoms with Gasteiger partial charge in [0.1, 0.15) is 5.75 Å². The minimum Gasteiger partial charge on any atom is -0.497 e. The Morgan fingerprint density at radius 1 is 1.15 bits per heavy atom. The molecule has 1 aliphatic heterocycles. The Morgan fingerprint density at radius 3 is 2.60 bits per heavy atom. The van der Waals surface area contributed by atoms with Crippen molar-refractivity contribution in [3.63, 3.8) is 0 Å². The van der Waals surface area contributed by atoms with E-state index in [9.17, 15) is 13.2 Å². The Kier molecular flexibility index (Phi) is 8.65. The molecule has 0 saturated carbocycles. The first-order valence-electron chi connectivity index (χ1n) is 13.0. The molecule has 2 heterocycles. The van der Waals surface area contributed by atoms with Crippen molar-refractivity contribution in [2.45, 2.75) is 43.5 Å². The molecule has 0 radical (unpaired) electrons. The van der Waals surface area contributed by atoms with Crippen molar-refractivity contribution in [2.24, 2.45) is 5.10 Å². The standard InChI is InChI=1S/C29H29BrN4O4S2/c1-3-23-6-4-5-17-33(23)40(36,37)25-14-9-21(10-15-25)28(35)34(31-19-20-7-11-22(30)12-8-20)29-32-26-16-13-24(38-2)18-27(26)39-29/h7-16,18-19,23H,3-6,17H2,1-2H3/b31-19+. The number of thiazole rings is 1. The number of halogens is 1. The summed E-state index contributed by atoms with van der Waals surface area (Å²) < 4.78 is 35.5. The maximum Gasteiger partial charge on any atom is 0.280 e. The minimum atomic E-state index is -3.66.